The normalized spacial score (nSPS) is 11.6. The van der Waals surface area contributed by atoms with E-state index in [1.807, 2.05) is 30.3 Å². The molecule has 96 valence electrons. The maximum Gasteiger partial charge on any atom is 0.227 e. The van der Waals surface area contributed by atoms with Crippen molar-refractivity contribution >= 4 is 9.84 Å². The highest BCUT2D eigenvalue weighted by molar-refractivity contribution is 7.91. The van der Waals surface area contributed by atoms with Crippen LogP contribution in [0.2, 0.25) is 0 Å². The zero-order valence-electron chi connectivity index (χ0n) is 10.3. The van der Waals surface area contributed by atoms with Crippen molar-refractivity contribution in [1.82, 2.24) is 9.55 Å². The topological polar surface area (TPSA) is 52.0 Å². The molecule has 0 spiro atoms. The van der Waals surface area contributed by atoms with Gasteiger partial charge in [0.25, 0.3) is 0 Å². The molecule has 2 rings (SSSR count). The zero-order chi connectivity index (χ0) is 13.0. The first-order valence-electron chi connectivity index (χ1n) is 5.83. The van der Waals surface area contributed by atoms with Gasteiger partial charge < -0.3 is 4.57 Å². The Bertz CT molecular complexity index is 603. The lowest BCUT2D eigenvalue weighted by Gasteiger charge is -2.04. The molecule has 0 N–H and O–H groups in total. The summed E-state index contributed by atoms with van der Waals surface area (Å²) >= 11 is 0. The molecule has 0 amide bonds. The van der Waals surface area contributed by atoms with Gasteiger partial charge in [0.05, 0.1) is 5.75 Å². The predicted octanol–water partition coefficient (Wildman–Crippen LogP) is 1.83. The van der Waals surface area contributed by atoms with E-state index in [-0.39, 0.29) is 10.9 Å². The maximum absolute atomic E-state index is 12.0. The van der Waals surface area contributed by atoms with Gasteiger partial charge in [0.1, 0.15) is 0 Å². The second-order valence-electron chi connectivity index (χ2n) is 4.23. The third-order valence-corrected chi connectivity index (χ3v) is 4.55. The van der Waals surface area contributed by atoms with Crippen molar-refractivity contribution in [3.8, 4) is 0 Å². The van der Waals surface area contributed by atoms with Crippen LogP contribution in [0.3, 0.4) is 0 Å². The van der Waals surface area contributed by atoms with Gasteiger partial charge in [-0.1, -0.05) is 30.3 Å². The molecule has 0 aliphatic heterocycles. The molecule has 0 aliphatic carbocycles. The van der Waals surface area contributed by atoms with Crippen molar-refractivity contribution in [3.05, 3.63) is 48.3 Å². The Hall–Kier alpha value is -1.62. The van der Waals surface area contributed by atoms with Crippen LogP contribution in [0.5, 0.6) is 0 Å². The minimum absolute atomic E-state index is 0.132. The third kappa shape index (κ3) is 2.98. The van der Waals surface area contributed by atoms with Gasteiger partial charge in [0.15, 0.2) is 0 Å². The van der Waals surface area contributed by atoms with Gasteiger partial charge in [-0.3, -0.25) is 0 Å². The van der Waals surface area contributed by atoms with E-state index in [2.05, 4.69) is 4.98 Å². The average Bonchev–Trinajstić information content (AvgIpc) is 2.77. The van der Waals surface area contributed by atoms with Gasteiger partial charge in [-0.15, -0.1) is 0 Å². The third-order valence-electron chi connectivity index (χ3n) is 2.78. The summed E-state index contributed by atoms with van der Waals surface area (Å²) in [6.07, 6.45) is 4.53. The number of nitrogens with zero attached hydrogens (tertiary/aromatic N) is 2. The van der Waals surface area contributed by atoms with Crippen molar-refractivity contribution in [2.45, 2.75) is 18.0 Å². The van der Waals surface area contributed by atoms with E-state index < -0.39 is 9.84 Å². The first kappa shape index (κ1) is 12.8. The van der Waals surface area contributed by atoms with Crippen molar-refractivity contribution < 1.29 is 8.42 Å². The van der Waals surface area contributed by atoms with Crippen LogP contribution >= 0.6 is 0 Å². The van der Waals surface area contributed by atoms with Crippen molar-refractivity contribution in [1.29, 1.82) is 0 Å². The number of rotatable bonds is 5. The molecule has 1 heterocycles. The fraction of sp³-hybridized carbons (Fsp3) is 0.308. The van der Waals surface area contributed by atoms with Crippen LogP contribution in [0.25, 0.3) is 0 Å². The molecule has 0 saturated heterocycles. The maximum atomic E-state index is 12.0. The van der Waals surface area contributed by atoms with E-state index in [4.69, 9.17) is 0 Å². The van der Waals surface area contributed by atoms with Crippen LogP contribution in [0.1, 0.15) is 12.0 Å². The Morgan fingerprint density at radius 2 is 1.94 bits per heavy atom. The SMILES string of the molecule is Cn1ccnc1S(=O)(=O)CCCc1ccccc1. The first-order chi connectivity index (χ1) is 8.59. The lowest BCUT2D eigenvalue weighted by molar-refractivity contribution is 0.576. The highest BCUT2D eigenvalue weighted by Crippen LogP contribution is 2.10. The van der Waals surface area contributed by atoms with Gasteiger partial charge in [0.2, 0.25) is 15.0 Å². The molecule has 1 aromatic heterocycles. The predicted molar refractivity (Wildman–Crippen MR) is 70.0 cm³/mol. The quantitative estimate of drug-likeness (QED) is 0.828. The number of sulfone groups is 1. The van der Waals surface area contributed by atoms with Gasteiger partial charge in [-0.2, -0.15) is 0 Å². The number of imidazole rings is 1. The summed E-state index contributed by atoms with van der Waals surface area (Å²) in [4.78, 5) is 3.89. The second-order valence-corrected chi connectivity index (χ2v) is 6.23. The fourth-order valence-electron chi connectivity index (χ4n) is 1.85. The number of hydrogen-bond acceptors (Lipinski definition) is 3. The molecule has 2 aromatic rings. The van der Waals surface area contributed by atoms with Gasteiger partial charge >= 0.3 is 0 Å². The van der Waals surface area contributed by atoms with E-state index in [0.29, 0.717) is 6.42 Å². The minimum atomic E-state index is -3.27. The van der Waals surface area contributed by atoms with Gasteiger partial charge in [-0.05, 0) is 18.4 Å². The molecule has 18 heavy (non-hydrogen) atoms. The molecule has 0 unspecified atom stereocenters. The number of aromatic nitrogens is 2. The van der Waals surface area contributed by atoms with Crippen LogP contribution in [0.15, 0.2) is 47.9 Å². The smallest absolute Gasteiger partial charge is 0.227 e. The Kier molecular flexibility index (Phi) is 3.81. The van der Waals surface area contributed by atoms with Crippen molar-refractivity contribution in [3.63, 3.8) is 0 Å². The first-order valence-corrected chi connectivity index (χ1v) is 7.49. The standard InChI is InChI=1S/C13H16N2O2S/c1-15-10-9-14-13(15)18(16,17)11-5-8-12-6-3-2-4-7-12/h2-4,6-7,9-10H,5,8,11H2,1H3. The van der Waals surface area contributed by atoms with Crippen LogP contribution in [-0.4, -0.2) is 23.7 Å². The highest BCUT2D eigenvalue weighted by atomic mass is 32.2. The summed E-state index contributed by atoms with van der Waals surface area (Å²) in [6.45, 7) is 0. The van der Waals surface area contributed by atoms with Crippen LogP contribution in [0.4, 0.5) is 0 Å². The van der Waals surface area contributed by atoms with E-state index in [1.165, 1.54) is 10.8 Å². The van der Waals surface area contributed by atoms with Gasteiger partial charge in [-0.25, -0.2) is 13.4 Å². The summed E-state index contributed by atoms with van der Waals surface area (Å²) in [5.41, 5.74) is 1.16. The molecule has 5 heteroatoms. The Morgan fingerprint density at radius 3 is 2.56 bits per heavy atom. The number of aryl methyl sites for hydroxylation is 2. The summed E-state index contributed by atoms with van der Waals surface area (Å²) in [7, 11) is -1.57. The van der Waals surface area contributed by atoms with E-state index in [1.54, 1.807) is 13.2 Å². The highest BCUT2D eigenvalue weighted by Gasteiger charge is 2.18. The lowest BCUT2D eigenvalue weighted by atomic mass is 10.1. The summed E-state index contributed by atoms with van der Waals surface area (Å²) in [6, 6.07) is 9.89. The van der Waals surface area contributed by atoms with E-state index >= 15 is 0 Å². The van der Waals surface area contributed by atoms with Crippen molar-refractivity contribution in [2.75, 3.05) is 5.75 Å². The molecular weight excluding hydrogens is 248 g/mol. The number of hydrogen-bond donors (Lipinski definition) is 0. The average molecular weight is 264 g/mol. The zero-order valence-corrected chi connectivity index (χ0v) is 11.1. The summed E-state index contributed by atoms with van der Waals surface area (Å²) < 4.78 is 25.6. The van der Waals surface area contributed by atoms with Crippen molar-refractivity contribution in [2.24, 2.45) is 7.05 Å². The molecule has 0 aliphatic rings. The van der Waals surface area contributed by atoms with Crippen LogP contribution in [-0.2, 0) is 23.3 Å². The Labute approximate surface area is 107 Å². The summed E-state index contributed by atoms with van der Waals surface area (Å²) in [5, 5.41) is 0.149. The van der Waals surface area contributed by atoms with E-state index in [9.17, 15) is 8.42 Å². The molecule has 1 aromatic carbocycles. The fourth-order valence-corrected chi connectivity index (χ4v) is 3.28. The van der Waals surface area contributed by atoms with Crippen LogP contribution in [0, 0.1) is 0 Å². The number of benzene rings is 1. The van der Waals surface area contributed by atoms with E-state index in [0.717, 1.165) is 12.0 Å². The molecule has 0 saturated carbocycles. The monoisotopic (exact) mass is 264 g/mol. The second kappa shape index (κ2) is 5.35. The van der Waals surface area contributed by atoms with Gasteiger partial charge in [0, 0.05) is 19.4 Å². The lowest BCUT2D eigenvalue weighted by Crippen LogP contribution is -2.12. The molecule has 0 radical (unpaired) electrons. The summed E-state index contributed by atoms with van der Waals surface area (Å²) in [5.74, 6) is 0.132. The van der Waals surface area contributed by atoms with Crippen LogP contribution < -0.4 is 0 Å². The largest absolute Gasteiger partial charge is 0.325 e. The molecule has 4 nitrogen and oxygen atoms in total. The Morgan fingerprint density at radius 1 is 1.22 bits per heavy atom. The molecule has 0 fully saturated rings. The Balaban J connectivity index is 1.97. The minimum Gasteiger partial charge on any atom is -0.325 e. The molecule has 0 bridgehead atoms. The molecular formula is C13H16N2O2S. The molecule has 0 atom stereocenters.